The molecule has 39 heavy (non-hydrogen) atoms. The Labute approximate surface area is 226 Å². The van der Waals surface area contributed by atoms with Crippen LogP contribution in [0.2, 0.25) is 0 Å². The molecule has 0 atom stereocenters. The van der Waals surface area contributed by atoms with Gasteiger partial charge in [-0.1, -0.05) is 30.8 Å². The zero-order chi connectivity index (χ0) is 27.4. The minimum Gasteiger partial charge on any atom is -0.495 e. The molecule has 5 rings (SSSR count). The van der Waals surface area contributed by atoms with Gasteiger partial charge in [0.1, 0.15) is 17.5 Å². The summed E-state index contributed by atoms with van der Waals surface area (Å²) in [6.07, 6.45) is 3.46. The number of methoxy groups -OCH3 is 1. The second kappa shape index (κ2) is 11.4. The Balaban J connectivity index is 1.54. The van der Waals surface area contributed by atoms with E-state index < -0.39 is 0 Å². The van der Waals surface area contributed by atoms with Gasteiger partial charge in [-0.05, 0) is 29.3 Å². The molecule has 10 nitrogen and oxygen atoms in total. The molecule has 4 N–H and O–H groups in total. The predicted octanol–water partition coefficient (Wildman–Crippen LogP) is 4.48. The van der Waals surface area contributed by atoms with Crippen molar-refractivity contribution in [2.75, 3.05) is 39.7 Å². The third-order valence-corrected chi connectivity index (χ3v) is 6.73. The molecule has 1 fully saturated rings. The van der Waals surface area contributed by atoms with E-state index in [1.54, 1.807) is 32.4 Å². The molecule has 0 spiro atoms. The highest BCUT2D eigenvalue weighted by atomic mass is 16.5. The van der Waals surface area contributed by atoms with Crippen molar-refractivity contribution in [3.8, 4) is 22.8 Å². The fourth-order valence-corrected chi connectivity index (χ4v) is 4.52. The van der Waals surface area contributed by atoms with Gasteiger partial charge in [0, 0.05) is 50.0 Å². The number of nitrogens with zero attached hydrogens (tertiary/aromatic N) is 2. The molecule has 0 saturated carbocycles. The van der Waals surface area contributed by atoms with Crippen molar-refractivity contribution in [1.82, 2.24) is 25.6 Å². The lowest BCUT2D eigenvalue weighted by molar-refractivity contribution is 0.0244. The van der Waals surface area contributed by atoms with Crippen LogP contribution in [0.4, 0.5) is 11.6 Å². The molecule has 1 aliphatic heterocycles. The van der Waals surface area contributed by atoms with Gasteiger partial charge >= 0.3 is 0 Å². The molecule has 0 bridgehead atoms. The first-order chi connectivity index (χ1) is 19.0. The summed E-state index contributed by atoms with van der Waals surface area (Å²) in [5.41, 5.74) is 5.54. The average Bonchev–Trinajstić information content (AvgIpc) is 3.41. The first-order valence-corrected chi connectivity index (χ1v) is 12.8. The zero-order valence-corrected chi connectivity index (χ0v) is 22.3. The van der Waals surface area contributed by atoms with E-state index in [-0.39, 0.29) is 12.0 Å². The van der Waals surface area contributed by atoms with Crippen molar-refractivity contribution < 1.29 is 19.0 Å². The topological polar surface area (TPSA) is 122 Å². The van der Waals surface area contributed by atoms with E-state index in [9.17, 15) is 4.79 Å². The van der Waals surface area contributed by atoms with Crippen LogP contribution in [0.25, 0.3) is 27.9 Å². The number of H-pyrrole nitrogens is 1. The first kappa shape index (κ1) is 26.1. The number of anilines is 2. The number of hydrogen-bond donors (Lipinski definition) is 4. The molecule has 2 aromatic carbocycles. The van der Waals surface area contributed by atoms with Gasteiger partial charge in [0.2, 0.25) is 11.8 Å². The summed E-state index contributed by atoms with van der Waals surface area (Å²) < 4.78 is 17.5. The molecule has 0 radical (unpaired) electrons. The van der Waals surface area contributed by atoms with Crippen LogP contribution >= 0.6 is 0 Å². The number of nitrogens with one attached hydrogen (secondary N) is 4. The summed E-state index contributed by atoms with van der Waals surface area (Å²) in [6.45, 7) is 5.33. The molecule has 1 saturated heterocycles. The van der Waals surface area contributed by atoms with E-state index in [2.05, 4.69) is 27.5 Å². The van der Waals surface area contributed by atoms with Crippen molar-refractivity contribution in [1.29, 1.82) is 0 Å². The second-order valence-electron chi connectivity index (χ2n) is 9.13. The number of aromatic amines is 1. The van der Waals surface area contributed by atoms with E-state index in [4.69, 9.17) is 24.2 Å². The molecule has 0 unspecified atom stereocenters. The molecule has 10 heteroatoms. The number of aromatic nitrogens is 3. The van der Waals surface area contributed by atoms with Gasteiger partial charge in [-0.2, -0.15) is 9.97 Å². The second-order valence-corrected chi connectivity index (χ2v) is 9.13. The van der Waals surface area contributed by atoms with Gasteiger partial charge in [0.25, 0.3) is 5.91 Å². The quantitative estimate of drug-likeness (QED) is 0.251. The Morgan fingerprint density at radius 3 is 2.49 bits per heavy atom. The minimum atomic E-state index is -0.202. The zero-order valence-electron chi connectivity index (χ0n) is 22.3. The summed E-state index contributed by atoms with van der Waals surface area (Å²) >= 11 is 0. The summed E-state index contributed by atoms with van der Waals surface area (Å²) in [5, 5.41) is 9.73. The predicted molar refractivity (Wildman–Crippen MR) is 152 cm³/mol. The van der Waals surface area contributed by atoms with E-state index in [1.165, 1.54) is 0 Å². The molecular weight excluding hydrogens is 496 g/mol. The van der Waals surface area contributed by atoms with Crippen LogP contribution in [0.3, 0.4) is 0 Å². The molecule has 1 amide bonds. The maximum absolute atomic E-state index is 12.1. The molecule has 0 aliphatic carbocycles. The Morgan fingerprint density at radius 2 is 1.79 bits per heavy atom. The van der Waals surface area contributed by atoms with Gasteiger partial charge in [0.05, 0.1) is 31.4 Å². The standard InChI is InChI=1S/C29H32N6O4/c1-17(30-2)18-5-7-19(8-6-18)22-16-32-26-25(22)28(39-21-11-13-38-14-12-21)35-29(34-26)33-23-10-9-20(27(36)31-3)15-24(23)37-4/h5-10,15-16,21,30H,1,11-14H2,2-4H3,(H,31,36)(H2,32,33,34,35). The molecule has 2 aromatic heterocycles. The van der Waals surface area contributed by atoms with Gasteiger partial charge in [-0.3, -0.25) is 4.79 Å². The number of amides is 1. The summed E-state index contributed by atoms with van der Waals surface area (Å²) in [6, 6.07) is 13.3. The summed E-state index contributed by atoms with van der Waals surface area (Å²) in [5.74, 6) is 1.11. The Kier molecular flexibility index (Phi) is 7.64. The van der Waals surface area contributed by atoms with Crippen molar-refractivity contribution in [2.45, 2.75) is 18.9 Å². The van der Waals surface area contributed by atoms with Crippen molar-refractivity contribution >= 4 is 34.3 Å². The largest absolute Gasteiger partial charge is 0.495 e. The molecule has 3 heterocycles. The monoisotopic (exact) mass is 528 g/mol. The SMILES string of the molecule is C=C(NC)c1ccc(-c2c[nH]c3nc(Nc4ccc(C(=O)NC)cc4OC)nc(OC4CCOCC4)c23)cc1. The number of hydrogen-bond acceptors (Lipinski definition) is 8. The van der Waals surface area contributed by atoms with Gasteiger partial charge in [-0.25, -0.2) is 0 Å². The van der Waals surface area contributed by atoms with E-state index in [1.807, 2.05) is 37.5 Å². The number of carbonyl (C=O) groups is 1. The molecule has 1 aliphatic rings. The van der Waals surface area contributed by atoms with Crippen molar-refractivity contribution in [3.63, 3.8) is 0 Å². The third-order valence-electron chi connectivity index (χ3n) is 6.73. The minimum absolute atomic E-state index is 0.0184. The average molecular weight is 529 g/mol. The smallest absolute Gasteiger partial charge is 0.251 e. The number of benzene rings is 2. The van der Waals surface area contributed by atoms with E-state index in [0.29, 0.717) is 47.7 Å². The van der Waals surface area contributed by atoms with Crippen LogP contribution < -0.4 is 25.4 Å². The maximum Gasteiger partial charge on any atom is 0.251 e. The molecular formula is C29H32N6O4. The maximum atomic E-state index is 12.1. The fraction of sp³-hybridized carbons (Fsp3) is 0.276. The number of carbonyl (C=O) groups excluding carboxylic acids is 1. The lowest BCUT2D eigenvalue weighted by Gasteiger charge is -2.23. The Hall–Kier alpha value is -4.57. The third kappa shape index (κ3) is 5.51. The van der Waals surface area contributed by atoms with Gasteiger partial charge in [0.15, 0.2) is 0 Å². The Morgan fingerprint density at radius 1 is 1.05 bits per heavy atom. The van der Waals surface area contributed by atoms with Crippen LogP contribution in [-0.2, 0) is 4.74 Å². The van der Waals surface area contributed by atoms with Gasteiger partial charge < -0.3 is 35.1 Å². The number of ether oxygens (including phenoxy) is 3. The first-order valence-electron chi connectivity index (χ1n) is 12.8. The highest BCUT2D eigenvalue weighted by Crippen LogP contribution is 2.37. The van der Waals surface area contributed by atoms with Crippen molar-refractivity contribution in [2.24, 2.45) is 0 Å². The van der Waals surface area contributed by atoms with Crippen LogP contribution in [0.15, 0.2) is 55.2 Å². The normalized spacial score (nSPS) is 13.6. The van der Waals surface area contributed by atoms with Crippen LogP contribution in [0.1, 0.15) is 28.8 Å². The highest BCUT2D eigenvalue weighted by molar-refractivity contribution is 5.98. The van der Waals surface area contributed by atoms with Crippen LogP contribution in [-0.4, -0.2) is 61.4 Å². The van der Waals surface area contributed by atoms with E-state index in [0.717, 1.165) is 40.6 Å². The Bertz CT molecular complexity index is 1490. The molecule has 4 aromatic rings. The van der Waals surface area contributed by atoms with Crippen molar-refractivity contribution in [3.05, 3.63) is 66.4 Å². The summed E-state index contributed by atoms with van der Waals surface area (Å²) in [7, 11) is 4.99. The van der Waals surface area contributed by atoms with Crippen LogP contribution in [0.5, 0.6) is 11.6 Å². The summed E-state index contributed by atoms with van der Waals surface area (Å²) in [4.78, 5) is 24.9. The lowest BCUT2D eigenvalue weighted by atomic mass is 10.0. The fourth-order valence-electron chi connectivity index (χ4n) is 4.52. The lowest BCUT2D eigenvalue weighted by Crippen LogP contribution is -2.26. The molecule has 202 valence electrons. The number of fused-ring (bicyclic) bond motifs is 1. The number of rotatable bonds is 9. The van der Waals surface area contributed by atoms with E-state index >= 15 is 0 Å². The van der Waals surface area contributed by atoms with Gasteiger partial charge in [-0.15, -0.1) is 0 Å². The van der Waals surface area contributed by atoms with Crippen LogP contribution in [0, 0.1) is 0 Å². The highest BCUT2D eigenvalue weighted by Gasteiger charge is 2.22.